The topological polar surface area (TPSA) is 38.7 Å². The van der Waals surface area contributed by atoms with Gasteiger partial charge in [0.1, 0.15) is 0 Å². The summed E-state index contributed by atoms with van der Waals surface area (Å²) in [5.74, 6) is 0. The van der Waals surface area contributed by atoms with Crippen LogP contribution in [0.15, 0.2) is 4.99 Å². The second-order valence-electron chi connectivity index (χ2n) is 2.75. The minimum absolute atomic E-state index is 0.428. The monoisotopic (exact) mass is 155 g/mol. The van der Waals surface area contributed by atoms with Gasteiger partial charge in [0.15, 0.2) is 0 Å². The lowest BCUT2D eigenvalue weighted by molar-refractivity contribution is 0.103. The van der Waals surface area contributed by atoms with Crippen molar-refractivity contribution in [2.24, 2.45) is 4.99 Å². The summed E-state index contributed by atoms with van der Waals surface area (Å²) in [6.45, 7) is 1.50. The fourth-order valence-corrected chi connectivity index (χ4v) is 1.32. The van der Waals surface area contributed by atoms with Crippen LogP contribution in [0.5, 0.6) is 0 Å². The van der Waals surface area contributed by atoms with Crippen LogP contribution in [-0.2, 0) is 9.53 Å². The zero-order chi connectivity index (χ0) is 7.94. The summed E-state index contributed by atoms with van der Waals surface area (Å²) in [6, 6.07) is 0. The largest absolute Gasteiger partial charge is 0.378 e. The van der Waals surface area contributed by atoms with Gasteiger partial charge in [-0.15, -0.1) is 0 Å². The van der Waals surface area contributed by atoms with Gasteiger partial charge in [0.05, 0.1) is 12.6 Å². The molecule has 0 aromatic rings. The smallest absolute Gasteiger partial charge is 0.234 e. The maximum atomic E-state index is 9.68. The number of rotatable bonds is 4. The molecule has 0 aromatic heterocycles. The van der Waals surface area contributed by atoms with E-state index in [1.165, 1.54) is 18.9 Å². The molecule has 1 rings (SSSR count). The normalized spacial score (nSPS) is 23.1. The summed E-state index contributed by atoms with van der Waals surface area (Å²) in [5.41, 5.74) is 0. The molecular weight excluding hydrogens is 142 g/mol. The molecular formula is C8H13NO2. The Morgan fingerprint density at radius 3 is 3.18 bits per heavy atom. The quantitative estimate of drug-likeness (QED) is 0.348. The van der Waals surface area contributed by atoms with Crippen molar-refractivity contribution >= 4 is 6.08 Å². The molecule has 1 saturated heterocycles. The molecule has 1 aliphatic rings. The number of ether oxygens (including phenoxy) is 1. The maximum Gasteiger partial charge on any atom is 0.234 e. The highest BCUT2D eigenvalue weighted by atomic mass is 16.5. The van der Waals surface area contributed by atoms with E-state index in [0.717, 1.165) is 19.4 Å². The highest BCUT2D eigenvalue weighted by molar-refractivity contribution is 5.32. The number of isocyanates is 1. The molecule has 0 spiro atoms. The Bertz CT molecular complexity index is 146. The van der Waals surface area contributed by atoms with Crippen LogP contribution >= 0.6 is 0 Å². The van der Waals surface area contributed by atoms with Crippen LogP contribution in [0.4, 0.5) is 0 Å². The van der Waals surface area contributed by atoms with Gasteiger partial charge in [-0.1, -0.05) is 0 Å². The second-order valence-corrected chi connectivity index (χ2v) is 2.75. The van der Waals surface area contributed by atoms with E-state index in [-0.39, 0.29) is 0 Å². The van der Waals surface area contributed by atoms with E-state index in [1.54, 1.807) is 0 Å². The fraction of sp³-hybridized carbons (Fsp3) is 0.875. The first-order valence-corrected chi connectivity index (χ1v) is 4.08. The van der Waals surface area contributed by atoms with Crippen molar-refractivity contribution in [1.29, 1.82) is 0 Å². The lowest BCUT2D eigenvalue weighted by atomic mass is 10.1. The summed E-state index contributed by atoms with van der Waals surface area (Å²) in [4.78, 5) is 13.1. The fourth-order valence-electron chi connectivity index (χ4n) is 1.32. The van der Waals surface area contributed by atoms with Gasteiger partial charge in [-0.25, -0.2) is 9.79 Å². The summed E-state index contributed by atoms with van der Waals surface area (Å²) in [7, 11) is 0. The van der Waals surface area contributed by atoms with E-state index in [0.29, 0.717) is 12.6 Å². The minimum Gasteiger partial charge on any atom is -0.378 e. The molecule has 3 heteroatoms. The number of carbonyl (C=O) groups excluding carboxylic acids is 1. The second kappa shape index (κ2) is 5.05. The highest BCUT2D eigenvalue weighted by Gasteiger charge is 2.13. The SMILES string of the molecule is O=C=NCCCC1CCCO1. The predicted octanol–water partition coefficient (Wildman–Crippen LogP) is 1.28. The molecule has 0 aliphatic carbocycles. The number of nitrogens with zero attached hydrogens (tertiary/aromatic N) is 1. The zero-order valence-corrected chi connectivity index (χ0v) is 6.58. The molecule has 1 fully saturated rings. The van der Waals surface area contributed by atoms with Gasteiger partial charge in [0.25, 0.3) is 0 Å². The predicted molar refractivity (Wildman–Crippen MR) is 41.2 cm³/mol. The van der Waals surface area contributed by atoms with E-state index in [9.17, 15) is 4.79 Å². The first kappa shape index (κ1) is 8.44. The minimum atomic E-state index is 0.428. The molecule has 0 saturated carbocycles. The third-order valence-corrected chi connectivity index (χ3v) is 1.88. The first-order valence-electron chi connectivity index (χ1n) is 4.08. The van der Waals surface area contributed by atoms with Gasteiger partial charge in [-0.3, -0.25) is 0 Å². The third kappa shape index (κ3) is 3.30. The molecule has 1 aliphatic heterocycles. The van der Waals surface area contributed by atoms with Crippen molar-refractivity contribution in [1.82, 2.24) is 0 Å². The maximum absolute atomic E-state index is 9.68. The molecule has 1 heterocycles. The number of hydrogen-bond donors (Lipinski definition) is 0. The summed E-state index contributed by atoms with van der Waals surface area (Å²) in [5, 5.41) is 0. The third-order valence-electron chi connectivity index (χ3n) is 1.88. The molecule has 11 heavy (non-hydrogen) atoms. The Labute approximate surface area is 66.5 Å². The van der Waals surface area contributed by atoms with E-state index in [2.05, 4.69) is 4.99 Å². The van der Waals surface area contributed by atoms with E-state index < -0.39 is 0 Å². The Hall–Kier alpha value is -0.660. The molecule has 0 N–H and O–H groups in total. The number of hydrogen-bond acceptors (Lipinski definition) is 3. The van der Waals surface area contributed by atoms with Crippen LogP contribution in [0.2, 0.25) is 0 Å². The van der Waals surface area contributed by atoms with Crippen LogP contribution < -0.4 is 0 Å². The standard InChI is InChI=1S/C8H13NO2/c10-7-9-5-1-3-8-4-2-6-11-8/h8H,1-6H2. The average molecular weight is 155 g/mol. The molecule has 0 bridgehead atoms. The van der Waals surface area contributed by atoms with Crippen LogP contribution in [0, 0.1) is 0 Å². The van der Waals surface area contributed by atoms with Gasteiger partial charge in [0, 0.05) is 6.61 Å². The molecule has 1 atom stereocenters. The molecule has 62 valence electrons. The van der Waals surface area contributed by atoms with Crippen LogP contribution in [0.3, 0.4) is 0 Å². The summed E-state index contributed by atoms with van der Waals surface area (Å²) >= 11 is 0. The Balaban J connectivity index is 1.97. The Kier molecular flexibility index (Phi) is 3.87. The molecule has 0 aromatic carbocycles. The summed E-state index contributed by atoms with van der Waals surface area (Å²) < 4.78 is 5.39. The van der Waals surface area contributed by atoms with Crippen LogP contribution in [0.25, 0.3) is 0 Å². The van der Waals surface area contributed by atoms with Crippen LogP contribution in [0.1, 0.15) is 25.7 Å². The van der Waals surface area contributed by atoms with E-state index in [4.69, 9.17) is 4.74 Å². The molecule has 1 unspecified atom stereocenters. The van der Waals surface area contributed by atoms with Crippen molar-refractivity contribution in [2.75, 3.05) is 13.2 Å². The van der Waals surface area contributed by atoms with Crippen molar-refractivity contribution in [3.63, 3.8) is 0 Å². The Morgan fingerprint density at radius 2 is 2.55 bits per heavy atom. The lowest BCUT2D eigenvalue weighted by Gasteiger charge is -2.05. The van der Waals surface area contributed by atoms with E-state index in [1.807, 2.05) is 0 Å². The average Bonchev–Trinajstić information content (AvgIpc) is 2.50. The lowest BCUT2D eigenvalue weighted by Crippen LogP contribution is -2.04. The van der Waals surface area contributed by atoms with Gasteiger partial charge < -0.3 is 4.74 Å². The van der Waals surface area contributed by atoms with Gasteiger partial charge >= 0.3 is 0 Å². The van der Waals surface area contributed by atoms with Crippen molar-refractivity contribution < 1.29 is 9.53 Å². The van der Waals surface area contributed by atoms with E-state index >= 15 is 0 Å². The number of aliphatic imine (C=N–C) groups is 1. The van der Waals surface area contributed by atoms with Crippen molar-refractivity contribution in [3.05, 3.63) is 0 Å². The van der Waals surface area contributed by atoms with Gasteiger partial charge in [0.2, 0.25) is 6.08 Å². The highest BCUT2D eigenvalue weighted by Crippen LogP contribution is 2.16. The molecule has 0 amide bonds. The first-order chi connectivity index (χ1) is 5.43. The molecule has 0 radical (unpaired) electrons. The Morgan fingerprint density at radius 1 is 1.64 bits per heavy atom. The van der Waals surface area contributed by atoms with Gasteiger partial charge in [-0.2, -0.15) is 0 Å². The van der Waals surface area contributed by atoms with Crippen molar-refractivity contribution in [3.8, 4) is 0 Å². The van der Waals surface area contributed by atoms with Crippen molar-refractivity contribution in [2.45, 2.75) is 31.8 Å². The zero-order valence-electron chi connectivity index (χ0n) is 6.58. The molecule has 3 nitrogen and oxygen atoms in total. The summed E-state index contributed by atoms with van der Waals surface area (Å²) in [6.07, 6.45) is 6.29. The van der Waals surface area contributed by atoms with Crippen LogP contribution in [-0.4, -0.2) is 25.3 Å². The van der Waals surface area contributed by atoms with Gasteiger partial charge in [-0.05, 0) is 25.7 Å².